The minimum Gasteiger partial charge on any atom is -0.335 e. The second kappa shape index (κ2) is 8.05. The average Bonchev–Trinajstić information content (AvgIpc) is 3.13. The first-order chi connectivity index (χ1) is 12.0. The van der Waals surface area contributed by atoms with Crippen LogP contribution in [0.4, 0.5) is 4.79 Å². The fourth-order valence-corrected chi connectivity index (χ4v) is 5.99. The molecule has 1 aliphatic heterocycles. The normalized spacial score (nSPS) is 25.7. The molecule has 3 rings (SSSR count). The Morgan fingerprint density at radius 3 is 2.56 bits per heavy atom. The highest BCUT2D eigenvalue weighted by atomic mass is 32.2. The average molecular weight is 386 g/mol. The summed E-state index contributed by atoms with van der Waals surface area (Å²) in [4.78, 5) is 14.3. The Morgan fingerprint density at radius 2 is 1.92 bits per heavy atom. The van der Waals surface area contributed by atoms with Crippen LogP contribution in [0.15, 0.2) is 21.7 Å². The summed E-state index contributed by atoms with van der Waals surface area (Å²) < 4.78 is 27.7. The van der Waals surface area contributed by atoms with Gasteiger partial charge in [-0.05, 0) is 43.0 Å². The topological polar surface area (TPSA) is 78.5 Å². The van der Waals surface area contributed by atoms with E-state index in [0.717, 1.165) is 6.42 Å². The molecular weight excluding hydrogens is 358 g/mol. The molecule has 8 heteroatoms. The molecule has 0 aromatic carbocycles. The fourth-order valence-electron chi connectivity index (χ4n) is 3.67. The lowest BCUT2D eigenvalue weighted by Crippen LogP contribution is -2.52. The molecule has 6 nitrogen and oxygen atoms in total. The maximum atomic E-state index is 12.5. The molecule has 0 spiro atoms. The van der Waals surface area contributed by atoms with Crippen molar-refractivity contribution in [2.75, 3.05) is 13.1 Å². The zero-order chi connectivity index (χ0) is 17.9. The number of amides is 2. The van der Waals surface area contributed by atoms with Gasteiger partial charge in [0.15, 0.2) is 0 Å². The number of nitrogens with one attached hydrogen (secondary N) is 2. The van der Waals surface area contributed by atoms with Gasteiger partial charge in [0.1, 0.15) is 4.21 Å². The van der Waals surface area contributed by atoms with Crippen molar-refractivity contribution in [3.05, 3.63) is 17.5 Å². The highest BCUT2D eigenvalue weighted by Gasteiger charge is 2.29. The van der Waals surface area contributed by atoms with Crippen molar-refractivity contribution < 1.29 is 13.2 Å². The van der Waals surface area contributed by atoms with Gasteiger partial charge < -0.3 is 10.2 Å². The maximum absolute atomic E-state index is 12.5. The predicted octanol–water partition coefficient (Wildman–Crippen LogP) is 2.78. The van der Waals surface area contributed by atoms with E-state index < -0.39 is 10.0 Å². The molecule has 0 radical (unpaired) electrons. The van der Waals surface area contributed by atoms with Gasteiger partial charge in [-0.2, -0.15) is 0 Å². The van der Waals surface area contributed by atoms with Gasteiger partial charge >= 0.3 is 6.03 Å². The first-order valence-corrected chi connectivity index (χ1v) is 11.4. The highest BCUT2D eigenvalue weighted by Crippen LogP contribution is 2.24. The minimum atomic E-state index is -3.43. The quantitative estimate of drug-likeness (QED) is 0.836. The van der Waals surface area contributed by atoms with Gasteiger partial charge in [-0.15, -0.1) is 11.3 Å². The lowest BCUT2D eigenvalue weighted by Gasteiger charge is -2.35. The number of urea groups is 1. The van der Waals surface area contributed by atoms with E-state index in [-0.39, 0.29) is 18.1 Å². The number of piperidine rings is 1. The summed E-state index contributed by atoms with van der Waals surface area (Å²) in [6.07, 6.45) is 5.98. The number of hydrogen-bond acceptors (Lipinski definition) is 4. The van der Waals surface area contributed by atoms with Crippen LogP contribution in [-0.2, 0) is 10.0 Å². The monoisotopic (exact) mass is 385 g/mol. The van der Waals surface area contributed by atoms with Crippen LogP contribution in [0, 0.1) is 5.92 Å². The van der Waals surface area contributed by atoms with Crippen LogP contribution in [0.5, 0.6) is 0 Å². The van der Waals surface area contributed by atoms with E-state index in [1.54, 1.807) is 17.5 Å². The SMILES string of the molecule is CC1CCCCC1NC(=O)N1CCC(NS(=O)(=O)c2cccs2)CC1. The highest BCUT2D eigenvalue weighted by molar-refractivity contribution is 7.91. The van der Waals surface area contributed by atoms with Crippen LogP contribution in [0.1, 0.15) is 45.4 Å². The van der Waals surface area contributed by atoms with Gasteiger partial charge in [-0.3, -0.25) is 0 Å². The van der Waals surface area contributed by atoms with Crippen molar-refractivity contribution in [2.24, 2.45) is 5.92 Å². The van der Waals surface area contributed by atoms with Crippen LogP contribution in [0.3, 0.4) is 0 Å². The molecular formula is C17H27N3O3S2. The fraction of sp³-hybridized carbons (Fsp3) is 0.706. The molecule has 1 aliphatic carbocycles. The number of carbonyl (C=O) groups is 1. The van der Waals surface area contributed by atoms with Crippen LogP contribution in [0.25, 0.3) is 0 Å². The summed E-state index contributed by atoms with van der Waals surface area (Å²) in [5, 5.41) is 4.93. The standard InChI is InChI=1S/C17H27N3O3S2/c1-13-5-2-3-6-15(13)18-17(21)20-10-8-14(9-11-20)19-25(22,23)16-7-4-12-24-16/h4,7,12-15,19H,2-3,5-6,8-11H2,1H3,(H,18,21). The van der Waals surface area contributed by atoms with Crippen LogP contribution < -0.4 is 10.0 Å². The molecule has 2 amide bonds. The third-order valence-corrected chi connectivity index (χ3v) is 8.20. The molecule has 1 saturated heterocycles. The van der Waals surface area contributed by atoms with Crippen LogP contribution in [0.2, 0.25) is 0 Å². The summed E-state index contributed by atoms with van der Waals surface area (Å²) >= 11 is 1.22. The van der Waals surface area contributed by atoms with Crippen molar-refractivity contribution in [1.29, 1.82) is 0 Å². The Labute approximate surface area is 154 Å². The van der Waals surface area contributed by atoms with Gasteiger partial charge in [0, 0.05) is 25.2 Å². The molecule has 2 fully saturated rings. The third-order valence-electron chi connectivity index (χ3n) is 5.28. The first kappa shape index (κ1) is 18.7. The smallest absolute Gasteiger partial charge is 0.317 e. The van der Waals surface area contributed by atoms with Crippen molar-refractivity contribution in [3.8, 4) is 0 Å². The Morgan fingerprint density at radius 1 is 1.20 bits per heavy atom. The van der Waals surface area contributed by atoms with Crippen molar-refractivity contribution in [1.82, 2.24) is 14.9 Å². The van der Waals surface area contributed by atoms with Crippen molar-refractivity contribution in [2.45, 2.75) is 61.7 Å². The van der Waals surface area contributed by atoms with Gasteiger partial charge in [0.05, 0.1) is 0 Å². The van der Waals surface area contributed by atoms with E-state index in [4.69, 9.17) is 0 Å². The van der Waals surface area contributed by atoms with E-state index in [1.807, 2.05) is 4.90 Å². The van der Waals surface area contributed by atoms with E-state index in [0.29, 0.717) is 36.1 Å². The number of carbonyl (C=O) groups excluding carboxylic acids is 1. The minimum absolute atomic E-state index is 0.00156. The van der Waals surface area contributed by atoms with Gasteiger partial charge in [0.2, 0.25) is 10.0 Å². The Kier molecular flexibility index (Phi) is 6.01. The Balaban J connectivity index is 1.47. The maximum Gasteiger partial charge on any atom is 0.317 e. The van der Waals surface area contributed by atoms with Gasteiger partial charge in [0.25, 0.3) is 0 Å². The van der Waals surface area contributed by atoms with Gasteiger partial charge in [-0.25, -0.2) is 17.9 Å². The number of rotatable bonds is 4. The zero-order valence-corrected chi connectivity index (χ0v) is 16.2. The summed E-state index contributed by atoms with van der Waals surface area (Å²) in [5.41, 5.74) is 0. The van der Waals surface area contributed by atoms with E-state index >= 15 is 0 Å². The van der Waals surface area contributed by atoms with Crippen LogP contribution in [-0.4, -0.2) is 44.5 Å². The summed E-state index contributed by atoms with van der Waals surface area (Å²) in [6, 6.07) is 3.51. The van der Waals surface area contributed by atoms with E-state index in [9.17, 15) is 13.2 Å². The molecule has 1 saturated carbocycles. The third kappa shape index (κ3) is 4.74. The Hall–Kier alpha value is -1.12. The molecule has 2 unspecified atom stereocenters. The van der Waals surface area contributed by atoms with E-state index in [1.165, 1.54) is 30.6 Å². The number of thiophene rings is 1. The summed E-state index contributed by atoms with van der Waals surface area (Å²) in [7, 11) is -3.43. The molecule has 2 atom stereocenters. The second-order valence-corrected chi connectivity index (χ2v) is 10.0. The van der Waals surface area contributed by atoms with Crippen LogP contribution >= 0.6 is 11.3 Å². The molecule has 2 heterocycles. The lowest BCUT2D eigenvalue weighted by molar-refractivity contribution is 0.167. The largest absolute Gasteiger partial charge is 0.335 e. The number of hydrogen-bond donors (Lipinski definition) is 2. The van der Waals surface area contributed by atoms with E-state index in [2.05, 4.69) is 17.0 Å². The Bertz CT molecular complexity index is 667. The number of likely N-dealkylation sites (tertiary alicyclic amines) is 1. The molecule has 1 aromatic rings. The molecule has 1 aromatic heterocycles. The first-order valence-electron chi connectivity index (χ1n) is 9.07. The number of nitrogens with zero attached hydrogens (tertiary/aromatic N) is 1. The summed E-state index contributed by atoms with van der Waals surface area (Å²) in [6.45, 7) is 3.38. The molecule has 25 heavy (non-hydrogen) atoms. The van der Waals surface area contributed by atoms with Crippen molar-refractivity contribution in [3.63, 3.8) is 0 Å². The molecule has 140 valence electrons. The molecule has 0 bridgehead atoms. The lowest BCUT2D eigenvalue weighted by atomic mass is 9.86. The summed E-state index contributed by atoms with van der Waals surface area (Å²) in [5.74, 6) is 0.535. The molecule has 2 aliphatic rings. The van der Waals surface area contributed by atoms with Gasteiger partial charge in [-0.1, -0.05) is 25.8 Å². The molecule has 2 N–H and O–H groups in total. The predicted molar refractivity (Wildman–Crippen MR) is 99.2 cm³/mol. The zero-order valence-electron chi connectivity index (χ0n) is 14.6. The number of sulfonamides is 1. The van der Waals surface area contributed by atoms with Crippen molar-refractivity contribution >= 4 is 27.4 Å². The second-order valence-electron chi connectivity index (χ2n) is 7.13.